The predicted molar refractivity (Wildman–Crippen MR) is 65.1 cm³/mol. The molecule has 0 aromatic heterocycles. The van der Waals surface area contributed by atoms with E-state index in [4.69, 9.17) is 0 Å². The Labute approximate surface area is 102 Å². The molecule has 1 heterocycles. The number of hydrogen-bond acceptors (Lipinski definition) is 2. The van der Waals surface area contributed by atoms with E-state index in [-0.39, 0.29) is 30.0 Å². The first-order chi connectivity index (χ1) is 7.50. The standard InChI is InChI=1S/C12H13BrFNO/c1-6(2)12-10(16)5-7-9(15-12)4-3-8(13)11(7)14/h3-4,6,12,15H,5H2,1-2H3. The monoisotopic (exact) mass is 285 g/mol. The fraction of sp³-hybridized carbons (Fsp3) is 0.417. The van der Waals surface area contributed by atoms with Crippen LogP contribution < -0.4 is 5.32 Å². The van der Waals surface area contributed by atoms with Crippen LogP contribution in [0.5, 0.6) is 0 Å². The van der Waals surface area contributed by atoms with E-state index >= 15 is 0 Å². The number of carbonyl (C=O) groups is 1. The molecule has 1 aromatic carbocycles. The summed E-state index contributed by atoms with van der Waals surface area (Å²) in [6.07, 6.45) is 0.177. The lowest BCUT2D eigenvalue weighted by atomic mass is 9.90. The van der Waals surface area contributed by atoms with Gasteiger partial charge < -0.3 is 5.32 Å². The highest BCUT2D eigenvalue weighted by molar-refractivity contribution is 9.10. The molecule has 0 aliphatic carbocycles. The quantitative estimate of drug-likeness (QED) is 0.859. The number of halogens is 2. The lowest BCUT2D eigenvalue weighted by Gasteiger charge is -2.29. The maximum atomic E-state index is 13.7. The molecule has 0 spiro atoms. The van der Waals surface area contributed by atoms with Crippen molar-refractivity contribution in [2.24, 2.45) is 5.92 Å². The molecule has 0 saturated carbocycles. The van der Waals surface area contributed by atoms with Gasteiger partial charge in [0.05, 0.1) is 10.5 Å². The molecule has 4 heteroatoms. The molecule has 16 heavy (non-hydrogen) atoms. The van der Waals surface area contributed by atoms with Gasteiger partial charge in [-0.25, -0.2) is 4.39 Å². The van der Waals surface area contributed by atoms with Gasteiger partial charge in [-0.05, 0) is 34.0 Å². The summed E-state index contributed by atoms with van der Waals surface area (Å²) in [6, 6.07) is 3.27. The highest BCUT2D eigenvalue weighted by atomic mass is 79.9. The number of nitrogens with one attached hydrogen (secondary N) is 1. The molecule has 86 valence electrons. The van der Waals surface area contributed by atoms with Crippen LogP contribution in [-0.4, -0.2) is 11.8 Å². The Morgan fingerprint density at radius 1 is 1.50 bits per heavy atom. The van der Waals surface area contributed by atoms with Crippen LogP contribution >= 0.6 is 15.9 Å². The average Bonchev–Trinajstić information content (AvgIpc) is 2.23. The molecule has 1 atom stereocenters. The SMILES string of the molecule is CC(C)C1Nc2ccc(Br)c(F)c2CC1=O. The second kappa shape index (κ2) is 4.17. The zero-order valence-corrected chi connectivity index (χ0v) is 10.8. The fourth-order valence-corrected chi connectivity index (χ4v) is 2.34. The maximum absolute atomic E-state index is 13.7. The lowest BCUT2D eigenvalue weighted by molar-refractivity contribution is -0.120. The minimum Gasteiger partial charge on any atom is -0.375 e. The molecule has 2 rings (SSSR count). The van der Waals surface area contributed by atoms with Crippen molar-refractivity contribution in [1.82, 2.24) is 0 Å². The van der Waals surface area contributed by atoms with E-state index in [0.29, 0.717) is 10.0 Å². The van der Waals surface area contributed by atoms with Gasteiger partial charge in [0.1, 0.15) is 5.82 Å². The van der Waals surface area contributed by atoms with Gasteiger partial charge in [0.2, 0.25) is 0 Å². The number of benzene rings is 1. The summed E-state index contributed by atoms with van der Waals surface area (Å²) in [7, 11) is 0. The summed E-state index contributed by atoms with van der Waals surface area (Å²) in [6.45, 7) is 3.96. The first-order valence-electron chi connectivity index (χ1n) is 5.27. The van der Waals surface area contributed by atoms with Crippen molar-refractivity contribution in [2.75, 3.05) is 5.32 Å². The largest absolute Gasteiger partial charge is 0.375 e. The number of fused-ring (bicyclic) bond motifs is 1. The summed E-state index contributed by atoms with van der Waals surface area (Å²) >= 11 is 3.12. The van der Waals surface area contributed by atoms with Gasteiger partial charge in [0.15, 0.2) is 5.78 Å². The Kier molecular flexibility index (Phi) is 3.02. The molecule has 0 bridgehead atoms. The van der Waals surface area contributed by atoms with Crippen LogP contribution in [0.25, 0.3) is 0 Å². The number of hydrogen-bond donors (Lipinski definition) is 1. The molecule has 1 aliphatic heterocycles. The average molecular weight is 286 g/mol. The van der Waals surface area contributed by atoms with Gasteiger partial charge in [-0.2, -0.15) is 0 Å². The third-order valence-corrected chi connectivity index (χ3v) is 3.48. The Morgan fingerprint density at radius 3 is 2.81 bits per heavy atom. The number of rotatable bonds is 1. The van der Waals surface area contributed by atoms with Crippen LogP contribution in [0.2, 0.25) is 0 Å². The Hall–Kier alpha value is -0.900. The highest BCUT2D eigenvalue weighted by Crippen LogP contribution is 2.31. The topological polar surface area (TPSA) is 29.1 Å². The molecule has 1 aromatic rings. The van der Waals surface area contributed by atoms with Gasteiger partial charge in [-0.15, -0.1) is 0 Å². The maximum Gasteiger partial charge on any atom is 0.159 e. The molecule has 1 unspecified atom stereocenters. The first kappa shape index (κ1) is 11.6. The van der Waals surface area contributed by atoms with Crippen LogP contribution in [-0.2, 0) is 11.2 Å². The minimum atomic E-state index is -0.333. The third-order valence-electron chi connectivity index (χ3n) is 2.87. The Morgan fingerprint density at radius 2 is 2.19 bits per heavy atom. The molecule has 1 N–H and O–H groups in total. The zero-order chi connectivity index (χ0) is 11.9. The van der Waals surface area contributed by atoms with Crippen molar-refractivity contribution < 1.29 is 9.18 Å². The summed E-state index contributed by atoms with van der Waals surface area (Å²) in [5.41, 5.74) is 1.20. The highest BCUT2D eigenvalue weighted by Gasteiger charge is 2.30. The van der Waals surface area contributed by atoms with E-state index in [0.717, 1.165) is 5.69 Å². The molecule has 0 radical (unpaired) electrons. The van der Waals surface area contributed by atoms with Crippen molar-refractivity contribution in [3.05, 3.63) is 28.0 Å². The lowest BCUT2D eigenvalue weighted by Crippen LogP contribution is -2.39. The van der Waals surface area contributed by atoms with Crippen molar-refractivity contribution in [3.8, 4) is 0 Å². The van der Waals surface area contributed by atoms with Crippen LogP contribution in [0.1, 0.15) is 19.4 Å². The van der Waals surface area contributed by atoms with Gasteiger partial charge in [-0.1, -0.05) is 13.8 Å². The summed E-state index contributed by atoms with van der Waals surface area (Å²) < 4.78 is 14.2. The van der Waals surface area contributed by atoms with E-state index in [2.05, 4.69) is 21.2 Å². The fourth-order valence-electron chi connectivity index (χ4n) is 1.97. The molecule has 1 aliphatic rings. The Balaban J connectivity index is 2.42. The van der Waals surface area contributed by atoms with Crippen molar-refractivity contribution >= 4 is 27.4 Å². The van der Waals surface area contributed by atoms with Gasteiger partial charge in [-0.3, -0.25) is 4.79 Å². The molecular formula is C12H13BrFNO. The number of carbonyl (C=O) groups excluding carboxylic acids is 1. The van der Waals surface area contributed by atoms with Crippen LogP contribution in [0.15, 0.2) is 16.6 Å². The van der Waals surface area contributed by atoms with Crippen molar-refractivity contribution in [1.29, 1.82) is 0 Å². The molecular weight excluding hydrogens is 273 g/mol. The van der Waals surface area contributed by atoms with E-state index in [1.165, 1.54) is 0 Å². The van der Waals surface area contributed by atoms with Gasteiger partial charge >= 0.3 is 0 Å². The van der Waals surface area contributed by atoms with Gasteiger partial charge in [0.25, 0.3) is 0 Å². The first-order valence-corrected chi connectivity index (χ1v) is 6.06. The van der Waals surface area contributed by atoms with Crippen molar-refractivity contribution in [2.45, 2.75) is 26.3 Å². The number of anilines is 1. The van der Waals surface area contributed by atoms with Gasteiger partial charge in [0, 0.05) is 17.7 Å². The number of ketones is 1. The zero-order valence-electron chi connectivity index (χ0n) is 9.18. The van der Waals surface area contributed by atoms with E-state index in [1.54, 1.807) is 6.07 Å². The van der Waals surface area contributed by atoms with E-state index < -0.39 is 0 Å². The normalized spacial score (nSPS) is 19.6. The van der Waals surface area contributed by atoms with Crippen LogP contribution in [0, 0.1) is 11.7 Å². The summed E-state index contributed by atoms with van der Waals surface area (Å²) in [5, 5.41) is 3.10. The molecule has 2 nitrogen and oxygen atoms in total. The molecule has 0 fully saturated rings. The predicted octanol–water partition coefficient (Wildman–Crippen LogP) is 3.15. The smallest absolute Gasteiger partial charge is 0.159 e. The molecule has 0 amide bonds. The van der Waals surface area contributed by atoms with Crippen molar-refractivity contribution in [3.63, 3.8) is 0 Å². The minimum absolute atomic E-state index is 0.0551. The number of Topliss-reactive ketones (excluding diaryl/α,β-unsaturated/α-hetero) is 1. The second-order valence-corrected chi connectivity index (χ2v) is 5.25. The molecule has 0 saturated heterocycles. The van der Waals surface area contributed by atoms with E-state index in [1.807, 2.05) is 19.9 Å². The second-order valence-electron chi connectivity index (χ2n) is 4.40. The van der Waals surface area contributed by atoms with Crippen LogP contribution in [0.4, 0.5) is 10.1 Å². The van der Waals surface area contributed by atoms with Crippen LogP contribution in [0.3, 0.4) is 0 Å². The summed E-state index contributed by atoms with van der Waals surface area (Å²) in [5.74, 6) is -0.0626. The third kappa shape index (κ3) is 1.86. The summed E-state index contributed by atoms with van der Waals surface area (Å²) in [4.78, 5) is 11.8. The van der Waals surface area contributed by atoms with E-state index in [9.17, 15) is 9.18 Å². The Bertz CT molecular complexity index is 445.